The Balaban J connectivity index is 1.25. The summed E-state index contributed by atoms with van der Waals surface area (Å²) in [4.78, 5) is 0. The quantitative estimate of drug-likeness (QED) is 0.145. The number of hydrogen-bond donors (Lipinski definition) is 0. The van der Waals surface area contributed by atoms with Crippen molar-refractivity contribution >= 4 is 49.8 Å². The molecule has 2 unspecified atom stereocenters. The van der Waals surface area contributed by atoms with Gasteiger partial charge in [0.05, 0.1) is 0 Å². The van der Waals surface area contributed by atoms with Gasteiger partial charge in [0.25, 0.3) is 0 Å². The summed E-state index contributed by atoms with van der Waals surface area (Å²) in [6.45, 7) is 27.3. The van der Waals surface area contributed by atoms with Crippen LogP contribution in [0, 0.1) is 0 Å². The summed E-state index contributed by atoms with van der Waals surface area (Å²) in [5.74, 6) is 1.94. The number of hydrogen-bond acceptors (Lipinski definition) is 2. The Morgan fingerprint density at radius 1 is 0.396 bits per heavy atom. The molecule has 0 heterocycles. The first-order valence-corrected chi connectivity index (χ1v) is 20.8. The van der Waals surface area contributed by atoms with Gasteiger partial charge < -0.3 is 9.05 Å². The third-order valence-corrected chi connectivity index (χ3v) is 12.2. The zero-order valence-electron chi connectivity index (χ0n) is 33.9. The van der Waals surface area contributed by atoms with Gasteiger partial charge in [-0.3, -0.25) is 0 Å². The van der Waals surface area contributed by atoms with E-state index in [1.165, 1.54) is 65.5 Å². The van der Waals surface area contributed by atoms with E-state index in [9.17, 15) is 0 Å². The highest BCUT2D eigenvalue weighted by Gasteiger charge is 2.24. The minimum atomic E-state index is -0.0572. The lowest BCUT2D eigenvalue weighted by Crippen LogP contribution is -2.15. The molecule has 0 N–H and O–H groups in total. The molecule has 276 valence electrons. The fraction of sp³-hybridized carbons (Fsp3) is 0.347. The van der Waals surface area contributed by atoms with Crippen LogP contribution in [0.1, 0.15) is 116 Å². The number of fused-ring (bicyclic) bond motifs is 2. The van der Waals surface area contributed by atoms with Crippen molar-refractivity contribution in [2.45, 2.75) is 111 Å². The maximum Gasteiger partial charge on any atom is 0.127 e. The molecule has 0 aliphatic rings. The summed E-state index contributed by atoms with van der Waals surface area (Å²) >= 11 is 0. The molecule has 6 aromatic carbocycles. The van der Waals surface area contributed by atoms with Crippen LogP contribution in [0.25, 0.3) is 21.5 Å². The topological polar surface area (TPSA) is 18.5 Å². The molecule has 0 spiro atoms. The average molecular weight is 741 g/mol. The maximum atomic E-state index is 6.78. The molecular weight excluding hydrogens is 682 g/mol. The number of benzene rings is 6. The second-order valence-electron chi connectivity index (χ2n) is 18.7. The SMILES string of the molecule is CC(C)(C)c1ccc2cc(OPc3ccccc3Cc3ccccc3POc3cc4ccc(C(C)(C)C)cc4cc3C(C)(C)C)c(C(C)(C)C)cc2c1. The van der Waals surface area contributed by atoms with E-state index in [4.69, 9.17) is 9.05 Å². The van der Waals surface area contributed by atoms with E-state index in [2.05, 4.69) is 192 Å². The molecule has 2 atom stereocenters. The molecule has 0 aromatic heterocycles. The Labute approximate surface area is 322 Å². The van der Waals surface area contributed by atoms with Crippen LogP contribution < -0.4 is 19.7 Å². The van der Waals surface area contributed by atoms with Gasteiger partial charge in [-0.05, 0) is 96.1 Å². The standard InChI is InChI=1S/C49H58O2P2/c1-46(2,3)38-23-21-32-30-42(40(48(7,8)9)28-36(32)26-38)50-52-44-19-15-13-17-34(44)25-35-18-14-16-20-45(35)53-51-43-31-33-22-24-39(47(4,5)6)27-37(33)29-41(43)49(10,11)12/h13-24,26-31,52-53H,25H2,1-12H3. The van der Waals surface area contributed by atoms with E-state index in [0.29, 0.717) is 0 Å². The Kier molecular flexibility index (Phi) is 10.9. The average Bonchev–Trinajstić information content (AvgIpc) is 3.08. The van der Waals surface area contributed by atoms with Crippen molar-refractivity contribution < 1.29 is 9.05 Å². The zero-order chi connectivity index (χ0) is 38.3. The summed E-state index contributed by atoms with van der Waals surface area (Å²) in [6.07, 6.45) is 0.817. The molecule has 0 bridgehead atoms. The summed E-state index contributed by atoms with van der Waals surface area (Å²) in [7, 11) is 0.383. The summed E-state index contributed by atoms with van der Waals surface area (Å²) < 4.78 is 13.6. The van der Waals surface area contributed by atoms with E-state index < -0.39 is 0 Å². The zero-order valence-corrected chi connectivity index (χ0v) is 35.9. The summed E-state index contributed by atoms with van der Waals surface area (Å²) in [6, 6.07) is 40.4. The van der Waals surface area contributed by atoms with Crippen molar-refractivity contribution in [2.75, 3.05) is 0 Å². The first-order chi connectivity index (χ1) is 24.8. The largest absolute Gasteiger partial charge is 0.472 e. The molecule has 2 nitrogen and oxygen atoms in total. The normalized spacial score (nSPS) is 13.2. The Morgan fingerprint density at radius 2 is 0.774 bits per heavy atom. The second kappa shape index (κ2) is 14.9. The lowest BCUT2D eigenvalue weighted by molar-refractivity contribution is 0.544. The fourth-order valence-electron chi connectivity index (χ4n) is 6.80. The third-order valence-electron chi connectivity index (χ3n) is 10.2. The number of rotatable bonds is 8. The van der Waals surface area contributed by atoms with Crippen LogP contribution in [0.2, 0.25) is 0 Å². The van der Waals surface area contributed by atoms with Gasteiger partial charge in [0, 0.05) is 21.7 Å². The van der Waals surface area contributed by atoms with Crippen LogP contribution in [0.5, 0.6) is 11.5 Å². The van der Waals surface area contributed by atoms with E-state index in [1.54, 1.807) is 0 Å². The van der Waals surface area contributed by atoms with Gasteiger partial charge in [-0.2, -0.15) is 0 Å². The fourth-order valence-corrected chi connectivity index (χ4v) is 8.51. The van der Waals surface area contributed by atoms with Crippen LogP contribution >= 0.6 is 17.6 Å². The molecule has 4 heteroatoms. The first-order valence-electron chi connectivity index (χ1n) is 19.0. The van der Waals surface area contributed by atoms with E-state index in [0.717, 1.165) is 17.9 Å². The molecule has 53 heavy (non-hydrogen) atoms. The van der Waals surface area contributed by atoms with Crippen molar-refractivity contribution in [3.05, 3.63) is 143 Å². The van der Waals surface area contributed by atoms with Crippen LogP contribution in [0.3, 0.4) is 0 Å². The van der Waals surface area contributed by atoms with Crippen LogP contribution in [0.4, 0.5) is 0 Å². The third kappa shape index (κ3) is 9.16. The van der Waals surface area contributed by atoms with Gasteiger partial charge in [-0.15, -0.1) is 0 Å². The predicted octanol–water partition coefficient (Wildman–Crippen LogP) is 13.4. The van der Waals surface area contributed by atoms with Crippen molar-refractivity contribution in [3.63, 3.8) is 0 Å². The predicted molar refractivity (Wildman–Crippen MR) is 236 cm³/mol. The van der Waals surface area contributed by atoms with Gasteiger partial charge in [-0.1, -0.05) is 168 Å². The van der Waals surface area contributed by atoms with E-state index in [-0.39, 0.29) is 39.3 Å². The lowest BCUT2D eigenvalue weighted by Gasteiger charge is -2.25. The summed E-state index contributed by atoms with van der Waals surface area (Å²) in [5.41, 5.74) is 7.83. The highest BCUT2D eigenvalue weighted by Crippen LogP contribution is 2.41. The highest BCUT2D eigenvalue weighted by molar-refractivity contribution is 7.42. The molecule has 0 saturated carbocycles. The van der Waals surface area contributed by atoms with Crippen LogP contribution in [-0.2, 0) is 28.1 Å². The second-order valence-corrected chi connectivity index (χ2v) is 20.6. The van der Waals surface area contributed by atoms with Gasteiger partial charge in [-0.25, -0.2) is 0 Å². The van der Waals surface area contributed by atoms with Crippen molar-refractivity contribution in [1.29, 1.82) is 0 Å². The molecule has 6 aromatic rings. The van der Waals surface area contributed by atoms with Crippen molar-refractivity contribution in [3.8, 4) is 11.5 Å². The minimum Gasteiger partial charge on any atom is -0.472 e. The Hall–Kier alpha value is -3.70. The molecule has 0 fully saturated rings. The summed E-state index contributed by atoms with van der Waals surface area (Å²) in [5, 5.41) is 7.43. The van der Waals surface area contributed by atoms with E-state index >= 15 is 0 Å². The Morgan fingerprint density at radius 3 is 1.13 bits per heavy atom. The molecule has 0 radical (unpaired) electrons. The van der Waals surface area contributed by atoms with Gasteiger partial charge in [0.1, 0.15) is 29.1 Å². The van der Waals surface area contributed by atoms with Crippen molar-refractivity contribution in [1.82, 2.24) is 0 Å². The maximum absolute atomic E-state index is 6.78. The molecule has 6 rings (SSSR count). The molecule has 0 aliphatic carbocycles. The van der Waals surface area contributed by atoms with Crippen molar-refractivity contribution in [2.24, 2.45) is 0 Å². The highest BCUT2D eigenvalue weighted by atomic mass is 31.1. The first kappa shape index (κ1) is 39.0. The molecule has 0 saturated heterocycles. The van der Waals surface area contributed by atoms with E-state index in [1.807, 2.05) is 0 Å². The van der Waals surface area contributed by atoms with Crippen LogP contribution in [-0.4, -0.2) is 0 Å². The lowest BCUT2D eigenvalue weighted by atomic mass is 9.82. The minimum absolute atomic E-state index is 0.0572. The Bertz CT molecular complexity index is 2090. The van der Waals surface area contributed by atoms with Gasteiger partial charge >= 0.3 is 0 Å². The smallest absolute Gasteiger partial charge is 0.127 e. The molecule has 0 amide bonds. The monoisotopic (exact) mass is 740 g/mol. The van der Waals surface area contributed by atoms with Crippen LogP contribution in [0.15, 0.2) is 109 Å². The molecule has 0 aliphatic heterocycles. The van der Waals surface area contributed by atoms with Gasteiger partial charge in [0.2, 0.25) is 0 Å². The van der Waals surface area contributed by atoms with Gasteiger partial charge in [0.15, 0.2) is 0 Å². The molecular formula is C49H58O2P2.